The van der Waals surface area contributed by atoms with Crippen LogP contribution in [0.2, 0.25) is 0 Å². The maximum Gasteiger partial charge on any atom is 0.231 e. The first-order valence-corrected chi connectivity index (χ1v) is 10.4. The molecular weight excluding hydrogens is 364 g/mol. The van der Waals surface area contributed by atoms with Crippen LogP contribution in [0.15, 0.2) is 12.1 Å². The maximum absolute atomic E-state index is 11.7. The summed E-state index contributed by atoms with van der Waals surface area (Å²) in [4.78, 5) is 2.36. The summed E-state index contributed by atoms with van der Waals surface area (Å²) < 4.78 is 37.1. The van der Waals surface area contributed by atoms with E-state index in [-0.39, 0.29) is 25.2 Å². The molecule has 2 fully saturated rings. The molecule has 4 rings (SSSR count). The number of benzene rings is 1. The molecule has 2 heterocycles. The molecular formula is C17H25ClN2O4S. The van der Waals surface area contributed by atoms with Crippen LogP contribution >= 0.6 is 12.4 Å². The first-order chi connectivity index (χ1) is 11.4. The van der Waals surface area contributed by atoms with Gasteiger partial charge in [0.15, 0.2) is 11.5 Å². The van der Waals surface area contributed by atoms with Gasteiger partial charge in [0.05, 0.1) is 6.26 Å². The van der Waals surface area contributed by atoms with Crippen molar-refractivity contribution in [2.24, 2.45) is 11.8 Å². The van der Waals surface area contributed by atoms with E-state index in [0.717, 1.165) is 31.1 Å². The van der Waals surface area contributed by atoms with Crippen LogP contribution in [0.4, 0.5) is 0 Å². The number of nitrogens with zero attached hydrogens (tertiary/aromatic N) is 1. The number of likely N-dealkylation sites (tertiary alicyclic amines) is 1. The lowest BCUT2D eigenvalue weighted by molar-refractivity contribution is 0.174. The van der Waals surface area contributed by atoms with Gasteiger partial charge in [0.2, 0.25) is 16.8 Å². The van der Waals surface area contributed by atoms with Crippen molar-refractivity contribution in [2.45, 2.75) is 32.4 Å². The largest absolute Gasteiger partial charge is 0.454 e. The Balaban J connectivity index is 0.00000182. The molecule has 1 saturated heterocycles. The molecule has 1 aromatic carbocycles. The minimum Gasteiger partial charge on any atom is -0.454 e. The van der Waals surface area contributed by atoms with Gasteiger partial charge in [-0.05, 0) is 54.9 Å². The van der Waals surface area contributed by atoms with E-state index in [9.17, 15) is 8.42 Å². The molecule has 0 radical (unpaired) electrons. The third kappa shape index (κ3) is 4.22. The van der Waals surface area contributed by atoms with Gasteiger partial charge in [0.25, 0.3) is 0 Å². The molecule has 0 amide bonds. The Morgan fingerprint density at radius 1 is 1.20 bits per heavy atom. The highest BCUT2D eigenvalue weighted by Gasteiger charge is 2.43. The fourth-order valence-corrected chi connectivity index (χ4v) is 4.74. The Hall–Kier alpha value is -1.02. The van der Waals surface area contributed by atoms with Crippen molar-refractivity contribution >= 4 is 22.4 Å². The molecule has 8 heteroatoms. The van der Waals surface area contributed by atoms with Gasteiger partial charge < -0.3 is 9.47 Å². The maximum atomic E-state index is 11.7. The Kier molecular flexibility index (Phi) is 5.21. The number of hydrogen-bond donors (Lipinski definition) is 1. The van der Waals surface area contributed by atoms with E-state index in [4.69, 9.17) is 9.47 Å². The Morgan fingerprint density at radius 2 is 1.88 bits per heavy atom. The molecule has 1 aromatic rings. The zero-order valence-corrected chi connectivity index (χ0v) is 16.2. The van der Waals surface area contributed by atoms with Crippen LogP contribution in [0.5, 0.6) is 11.5 Å². The molecule has 0 unspecified atom stereocenters. The molecule has 0 bridgehead atoms. The Bertz CT molecular complexity index is 751. The molecule has 2 aliphatic heterocycles. The minimum absolute atomic E-state index is 0. The lowest BCUT2D eigenvalue weighted by Gasteiger charge is -2.18. The van der Waals surface area contributed by atoms with Gasteiger partial charge in [-0.1, -0.05) is 0 Å². The van der Waals surface area contributed by atoms with Gasteiger partial charge in [0, 0.05) is 25.7 Å². The lowest BCUT2D eigenvalue weighted by Crippen LogP contribution is -2.40. The zero-order valence-electron chi connectivity index (χ0n) is 14.5. The van der Waals surface area contributed by atoms with Crippen molar-refractivity contribution in [3.05, 3.63) is 23.3 Å². The highest BCUT2D eigenvalue weighted by Crippen LogP contribution is 2.42. The highest BCUT2D eigenvalue weighted by molar-refractivity contribution is 7.88. The zero-order chi connectivity index (χ0) is 16.9. The monoisotopic (exact) mass is 388 g/mol. The second-order valence-electron chi connectivity index (χ2n) is 7.32. The summed E-state index contributed by atoms with van der Waals surface area (Å²) in [6.45, 7) is 4.89. The van der Waals surface area contributed by atoms with Gasteiger partial charge in [0.1, 0.15) is 0 Å². The molecule has 25 heavy (non-hydrogen) atoms. The number of sulfonamides is 1. The van der Waals surface area contributed by atoms with Crippen molar-refractivity contribution in [2.75, 3.05) is 26.1 Å². The van der Waals surface area contributed by atoms with Crippen LogP contribution in [0.25, 0.3) is 0 Å². The molecule has 1 N–H and O–H groups in total. The van der Waals surface area contributed by atoms with Gasteiger partial charge >= 0.3 is 0 Å². The normalized spacial score (nSPS) is 25.8. The van der Waals surface area contributed by atoms with Crippen molar-refractivity contribution in [1.82, 2.24) is 9.62 Å². The van der Waals surface area contributed by atoms with Gasteiger partial charge in [-0.3, -0.25) is 4.90 Å². The van der Waals surface area contributed by atoms with E-state index in [1.807, 2.05) is 6.07 Å². The molecule has 0 aromatic heterocycles. The van der Waals surface area contributed by atoms with E-state index >= 15 is 0 Å². The van der Waals surface area contributed by atoms with Crippen LogP contribution in [-0.2, 0) is 16.6 Å². The summed E-state index contributed by atoms with van der Waals surface area (Å²) in [5, 5.41) is 0. The van der Waals surface area contributed by atoms with Gasteiger partial charge in [-0.2, -0.15) is 0 Å². The topological polar surface area (TPSA) is 67.9 Å². The molecule has 6 nitrogen and oxygen atoms in total. The van der Waals surface area contributed by atoms with E-state index in [1.165, 1.54) is 30.2 Å². The Morgan fingerprint density at radius 3 is 2.52 bits per heavy atom. The average Bonchev–Trinajstić information content (AvgIpc) is 3.11. The predicted molar refractivity (Wildman–Crippen MR) is 97.8 cm³/mol. The summed E-state index contributed by atoms with van der Waals surface area (Å²) >= 11 is 0. The lowest BCUT2D eigenvalue weighted by atomic mass is 9.99. The van der Waals surface area contributed by atoms with Crippen LogP contribution < -0.4 is 14.2 Å². The van der Waals surface area contributed by atoms with Crippen LogP contribution in [-0.4, -0.2) is 45.5 Å². The third-order valence-corrected chi connectivity index (χ3v) is 5.99. The predicted octanol–water partition coefficient (Wildman–Crippen LogP) is 1.91. The van der Waals surface area contributed by atoms with E-state index in [0.29, 0.717) is 11.8 Å². The second kappa shape index (κ2) is 6.95. The number of rotatable bonds is 5. The SMILES string of the molecule is Cc1cc2c(cc1CN1C[C@H](NS(C)(=O)=O)[C@@H](C3CC3)C1)OCO2.Cl. The number of halogens is 1. The summed E-state index contributed by atoms with van der Waals surface area (Å²) in [5.41, 5.74) is 2.40. The van der Waals surface area contributed by atoms with Gasteiger partial charge in [-0.15, -0.1) is 12.4 Å². The Labute approximate surface area is 155 Å². The summed E-state index contributed by atoms with van der Waals surface area (Å²) in [5.74, 6) is 2.71. The number of aryl methyl sites for hydroxylation is 1. The number of ether oxygens (including phenoxy) is 2. The van der Waals surface area contributed by atoms with E-state index in [2.05, 4.69) is 22.6 Å². The first kappa shape index (κ1) is 18.8. The minimum atomic E-state index is -3.17. The van der Waals surface area contributed by atoms with Gasteiger partial charge in [-0.25, -0.2) is 13.1 Å². The van der Waals surface area contributed by atoms with Crippen LogP contribution in [0.1, 0.15) is 24.0 Å². The number of nitrogens with one attached hydrogen (secondary N) is 1. The molecule has 0 spiro atoms. The fraction of sp³-hybridized carbons (Fsp3) is 0.647. The number of hydrogen-bond acceptors (Lipinski definition) is 5. The van der Waals surface area contributed by atoms with Crippen LogP contribution in [0.3, 0.4) is 0 Å². The average molecular weight is 389 g/mol. The fourth-order valence-electron chi connectivity index (χ4n) is 3.94. The molecule has 3 aliphatic rings. The second-order valence-corrected chi connectivity index (χ2v) is 9.10. The van der Waals surface area contributed by atoms with Crippen molar-refractivity contribution in [3.8, 4) is 11.5 Å². The molecule has 2 atom stereocenters. The molecule has 1 aliphatic carbocycles. The molecule has 1 saturated carbocycles. The quantitative estimate of drug-likeness (QED) is 0.834. The summed E-state index contributed by atoms with van der Waals surface area (Å²) in [6.07, 6.45) is 3.70. The number of fused-ring (bicyclic) bond motifs is 1. The standard InChI is InChI=1S/C17H24N2O4S.ClH/c1-11-5-16-17(23-10-22-16)6-13(11)7-19-8-14(12-3-4-12)15(9-19)18-24(2,20)21;/h5-6,12,14-15,18H,3-4,7-10H2,1-2H3;1H/t14-,15+;/m1./s1. The third-order valence-electron chi connectivity index (χ3n) is 5.26. The summed E-state index contributed by atoms with van der Waals surface area (Å²) in [7, 11) is -3.17. The van der Waals surface area contributed by atoms with E-state index in [1.54, 1.807) is 0 Å². The van der Waals surface area contributed by atoms with Crippen molar-refractivity contribution in [1.29, 1.82) is 0 Å². The molecule has 140 valence electrons. The first-order valence-electron chi connectivity index (χ1n) is 8.48. The smallest absolute Gasteiger partial charge is 0.231 e. The summed E-state index contributed by atoms with van der Waals surface area (Å²) in [6, 6.07) is 4.11. The van der Waals surface area contributed by atoms with Crippen molar-refractivity contribution in [3.63, 3.8) is 0 Å². The van der Waals surface area contributed by atoms with Crippen molar-refractivity contribution < 1.29 is 17.9 Å². The van der Waals surface area contributed by atoms with Crippen LogP contribution in [0, 0.1) is 18.8 Å². The highest BCUT2D eigenvalue weighted by atomic mass is 35.5. The van der Waals surface area contributed by atoms with E-state index < -0.39 is 10.0 Å².